The lowest BCUT2D eigenvalue weighted by Crippen LogP contribution is -2.27. The molecule has 1 aromatic heterocycles. The summed E-state index contributed by atoms with van der Waals surface area (Å²) in [5, 5.41) is 17.9. The van der Waals surface area contributed by atoms with E-state index in [2.05, 4.69) is 26.1 Å². The molecule has 0 unspecified atom stereocenters. The molecule has 2 aromatic rings. The standard InChI is InChI=1S/C13H14ClN5S/c1-2-15-13(20)17-10-5-3-9(4-6-10)16-12-8-7-11(14)18-19-12/h3-8H,2H2,1H3,(H,16,19)(H2,15,17,20). The predicted octanol–water partition coefficient (Wildman–Crippen LogP) is 3.18. The van der Waals surface area contributed by atoms with Gasteiger partial charge in [-0.2, -0.15) is 0 Å². The van der Waals surface area contributed by atoms with Crippen LogP contribution in [0.3, 0.4) is 0 Å². The fourth-order valence-corrected chi connectivity index (χ4v) is 1.87. The van der Waals surface area contributed by atoms with Gasteiger partial charge in [-0.3, -0.25) is 0 Å². The molecule has 0 radical (unpaired) electrons. The zero-order valence-corrected chi connectivity index (χ0v) is 12.4. The van der Waals surface area contributed by atoms with E-state index in [-0.39, 0.29) is 0 Å². The van der Waals surface area contributed by atoms with Gasteiger partial charge in [0.2, 0.25) is 0 Å². The molecule has 7 heteroatoms. The first-order chi connectivity index (χ1) is 9.67. The number of halogens is 1. The van der Waals surface area contributed by atoms with Crippen LogP contribution in [0, 0.1) is 0 Å². The van der Waals surface area contributed by atoms with Crippen molar-refractivity contribution in [2.45, 2.75) is 6.92 Å². The van der Waals surface area contributed by atoms with Crippen LogP contribution in [0.5, 0.6) is 0 Å². The predicted molar refractivity (Wildman–Crippen MR) is 86.7 cm³/mol. The number of rotatable bonds is 4. The Morgan fingerprint density at radius 1 is 1.10 bits per heavy atom. The molecule has 0 aliphatic rings. The summed E-state index contributed by atoms with van der Waals surface area (Å²) in [6, 6.07) is 11.1. The van der Waals surface area contributed by atoms with E-state index in [0.29, 0.717) is 16.1 Å². The number of thiocarbonyl (C=S) groups is 1. The average Bonchev–Trinajstić information content (AvgIpc) is 2.44. The summed E-state index contributed by atoms with van der Waals surface area (Å²) < 4.78 is 0. The molecule has 104 valence electrons. The minimum absolute atomic E-state index is 0.368. The van der Waals surface area contributed by atoms with E-state index in [4.69, 9.17) is 23.8 Å². The quantitative estimate of drug-likeness (QED) is 0.754. The number of hydrogen-bond acceptors (Lipinski definition) is 4. The Morgan fingerprint density at radius 3 is 2.40 bits per heavy atom. The van der Waals surface area contributed by atoms with Crippen molar-refractivity contribution in [1.29, 1.82) is 0 Å². The Bertz CT molecular complexity index is 570. The number of aromatic nitrogens is 2. The van der Waals surface area contributed by atoms with Gasteiger partial charge in [0, 0.05) is 17.9 Å². The van der Waals surface area contributed by atoms with E-state index in [1.165, 1.54) is 0 Å². The minimum Gasteiger partial charge on any atom is -0.363 e. The summed E-state index contributed by atoms with van der Waals surface area (Å²) in [5.74, 6) is 0.637. The third-order valence-corrected chi connectivity index (χ3v) is 2.83. The van der Waals surface area contributed by atoms with Gasteiger partial charge in [-0.15, -0.1) is 10.2 Å². The molecule has 0 aliphatic heterocycles. The van der Waals surface area contributed by atoms with Crippen molar-refractivity contribution < 1.29 is 0 Å². The third kappa shape index (κ3) is 4.32. The van der Waals surface area contributed by atoms with Crippen LogP contribution < -0.4 is 16.0 Å². The minimum atomic E-state index is 0.368. The number of nitrogens with zero attached hydrogens (tertiary/aromatic N) is 2. The summed E-state index contributed by atoms with van der Waals surface area (Å²) >= 11 is 10.8. The topological polar surface area (TPSA) is 61.9 Å². The largest absolute Gasteiger partial charge is 0.363 e. The second-order valence-corrected chi connectivity index (χ2v) is 4.72. The highest BCUT2D eigenvalue weighted by molar-refractivity contribution is 7.80. The second-order valence-electron chi connectivity index (χ2n) is 3.93. The summed E-state index contributed by atoms with van der Waals surface area (Å²) in [7, 11) is 0. The Morgan fingerprint density at radius 2 is 1.80 bits per heavy atom. The molecular formula is C13H14ClN5S. The van der Waals surface area contributed by atoms with E-state index in [1.807, 2.05) is 31.2 Å². The molecular weight excluding hydrogens is 294 g/mol. The van der Waals surface area contributed by atoms with Gasteiger partial charge in [0.15, 0.2) is 16.1 Å². The lowest BCUT2D eigenvalue weighted by molar-refractivity contribution is 0.979. The van der Waals surface area contributed by atoms with Crippen LogP contribution >= 0.6 is 23.8 Å². The van der Waals surface area contributed by atoms with Gasteiger partial charge in [-0.1, -0.05) is 11.6 Å². The van der Waals surface area contributed by atoms with Gasteiger partial charge in [-0.25, -0.2) is 0 Å². The fraction of sp³-hybridized carbons (Fsp3) is 0.154. The molecule has 0 fully saturated rings. The summed E-state index contributed by atoms with van der Waals surface area (Å²) in [6.07, 6.45) is 0. The van der Waals surface area contributed by atoms with Gasteiger partial charge in [0.25, 0.3) is 0 Å². The van der Waals surface area contributed by atoms with Crippen LogP contribution in [0.2, 0.25) is 5.15 Å². The molecule has 5 nitrogen and oxygen atoms in total. The molecule has 0 amide bonds. The van der Waals surface area contributed by atoms with Crippen LogP contribution in [0.15, 0.2) is 36.4 Å². The Kier molecular flexibility index (Phi) is 5.09. The average molecular weight is 308 g/mol. The van der Waals surface area contributed by atoms with Gasteiger partial charge in [-0.05, 0) is 55.5 Å². The van der Waals surface area contributed by atoms with Crippen LogP contribution in [-0.2, 0) is 0 Å². The summed E-state index contributed by atoms with van der Waals surface area (Å²) in [6.45, 7) is 2.79. The molecule has 3 N–H and O–H groups in total. The lowest BCUT2D eigenvalue weighted by Gasteiger charge is -2.10. The lowest BCUT2D eigenvalue weighted by atomic mass is 10.3. The maximum absolute atomic E-state index is 5.68. The summed E-state index contributed by atoms with van der Waals surface area (Å²) in [5.41, 5.74) is 1.82. The van der Waals surface area contributed by atoms with E-state index in [1.54, 1.807) is 12.1 Å². The molecule has 1 aromatic carbocycles. The van der Waals surface area contributed by atoms with Gasteiger partial charge in [0.05, 0.1) is 0 Å². The zero-order valence-electron chi connectivity index (χ0n) is 10.9. The van der Waals surface area contributed by atoms with Crippen molar-refractivity contribution in [3.05, 3.63) is 41.6 Å². The number of anilines is 3. The molecule has 2 rings (SSSR count). The Hall–Kier alpha value is -1.92. The van der Waals surface area contributed by atoms with E-state index >= 15 is 0 Å². The van der Waals surface area contributed by atoms with Crippen molar-refractivity contribution in [3.63, 3.8) is 0 Å². The van der Waals surface area contributed by atoms with Crippen LogP contribution in [0.4, 0.5) is 17.2 Å². The maximum atomic E-state index is 5.68. The highest BCUT2D eigenvalue weighted by Gasteiger charge is 1.99. The molecule has 0 bridgehead atoms. The zero-order chi connectivity index (χ0) is 14.4. The third-order valence-electron chi connectivity index (χ3n) is 2.38. The highest BCUT2D eigenvalue weighted by atomic mass is 35.5. The van der Waals surface area contributed by atoms with E-state index < -0.39 is 0 Å². The van der Waals surface area contributed by atoms with Gasteiger partial charge in [0.1, 0.15) is 0 Å². The monoisotopic (exact) mass is 307 g/mol. The molecule has 0 atom stereocenters. The molecule has 0 saturated heterocycles. The molecule has 1 heterocycles. The van der Waals surface area contributed by atoms with E-state index in [0.717, 1.165) is 17.9 Å². The number of hydrogen-bond donors (Lipinski definition) is 3. The van der Waals surface area contributed by atoms with E-state index in [9.17, 15) is 0 Å². The summed E-state index contributed by atoms with van der Waals surface area (Å²) in [4.78, 5) is 0. The van der Waals surface area contributed by atoms with Crippen LogP contribution in [0.1, 0.15) is 6.92 Å². The van der Waals surface area contributed by atoms with Crippen LogP contribution in [-0.4, -0.2) is 21.9 Å². The maximum Gasteiger partial charge on any atom is 0.170 e. The smallest absolute Gasteiger partial charge is 0.170 e. The Labute approximate surface area is 127 Å². The normalized spacial score (nSPS) is 9.90. The molecule has 20 heavy (non-hydrogen) atoms. The van der Waals surface area contributed by atoms with Crippen molar-refractivity contribution in [2.75, 3.05) is 17.2 Å². The van der Waals surface area contributed by atoms with Crippen LogP contribution in [0.25, 0.3) is 0 Å². The Balaban J connectivity index is 1.97. The highest BCUT2D eigenvalue weighted by Crippen LogP contribution is 2.17. The van der Waals surface area contributed by atoms with Crippen molar-refractivity contribution in [3.8, 4) is 0 Å². The SMILES string of the molecule is CCNC(=S)Nc1ccc(Nc2ccc(Cl)nn2)cc1. The van der Waals surface area contributed by atoms with Crippen molar-refractivity contribution in [2.24, 2.45) is 0 Å². The van der Waals surface area contributed by atoms with Gasteiger partial charge < -0.3 is 16.0 Å². The molecule has 0 saturated carbocycles. The van der Waals surface area contributed by atoms with Crippen molar-refractivity contribution >= 4 is 46.1 Å². The van der Waals surface area contributed by atoms with Crippen molar-refractivity contribution in [1.82, 2.24) is 15.5 Å². The first kappa shape index (κ1) is 14.5. The van der Waals surface area contributed by atoms with Gasteiger partial charge >= 0.3 is 0 Å². The molecule has 0 spiro atoms. The second kappa shape index (κ2) is 7.02. The first-order valence-corrected chi connectivity index (χ1v) is 6.87. The number of nitrogens with one attached hydrogen (secondary N) is 3. The number of benzene rings is 1. The molecule has 0 aliphatic carbocycles. The fourth-order valence-electron chi connectivity index (χ4n) is 1.50. The first-order valence-electron chi connectivity index (χ1n) is 6.08.